The van der Waals surface area contributed by atoms with E-state index in [2.05, 4.69) is 5.32 Å². The maximum atomic E-state index is 12.2. The van der Waals surface area contributed by atoms with Gasteiger partial charge in [-0.05, 0) is 24.5 Å². The lowest BCUT2D eigenvalue weighted by atomic mass is 10.1. The van der Waals surface area contributed by atoms with E-state index in [1.54, 1.807) is 12.3 Å². The lowest BCUT2D eigenvalue weighted by molar-refractivity contribution is 0.0907. The molecular formula is C16H19N3O2. The van der Waals surface area contributed by atoms with Gasteiger partial charge >= 0.3 is 0 Å². The quantitative estimate of drug-likeness (QED) is 0.784. The van der Waals surface area contributed by atoms with Gasteiger partial charge in [0.05, 0.1) is 11.8 Å². The van der Waals surface area contributed by atoms with E-state index in [1.807, 2.05) is 34.9 Å². The van der Waals surface area contributed by atoms with Gasteiger partial charge in [-0.25, -0.2) is 0 Å². The van der Waals surface area contributed by atoms with Crippen molar-refractivity contribution in [2.75, 3.05) is 12.3 Å². The molecule has 1 amide bonds. The first kappa shape index (κ1) is 13.7. The number of carbonyl (C=O) groups is 1. The van der Waals surface area contributed by atoms with Gasteiger partial charge in [-0.2, -0.15) is 0 Å². The molecule has 1 aliphatic rings. The Bertz CT molecular complexity index is 632. The van der Waals surface area contributed by atoms with Crippen LogP contribution < -0.4 is 11.1 Å². The summed E-state index contributed by atoms with van der Waals surface area (Å²) in [4.78, 5) is 12.2. The summed E-state index contributed by atoms with van der Waals surface area (Å²) < 4.78 is 1.93. The van der Waals surface area contributed by atoms with Crippen LogP contribution in [0.3, 0.4) is 0 Å². The minimum absolute atomic E-state index is 0.179. The minimum Gasteiger partial charge on any atom is -0.397 e. The standard InChI is InChI=1S/C16H19N3O2/c17-12-8-14(19(10-12)13-6-7-13)16(21)18-9-15(20)11-4-2-1-3-5-11/h1-5,8,10,13,15,20H,6-7,9,17H2,(H,18,21). The highest BCUT2D eigenvalue weighted by atomic mass is 16.3. The fraction of sp³-hybridized carbons (Fsp3) is 0.312. The maximum absolute atomic E-state index is 12.2. The first-order valence-electron chi connectivity index (χ1n) is 7.13. The Hall–Kier alpha value is -2.27. The smallest absolute Gasteiger partial charge is 0.268 e. The van der Waals surface area contributed by atoms with Crippen LogP contribution in [-0.2, 0) is 0 Å². The second-order valence-corrected chi connectivity index (χ2v) is 5.43. The van der Waals surface area contributed by atoms with E-state index in [9.17, 15) is 9.90 Å². The van der Waals surface area contributed by atoms with Crippen LogP contribution in [0.1, 0.15) is 41.0 Å². The zero-order chi connectivity index (χ0) is 14.8. The van der Waals surface area contributed by atoms with E-state index in [0.29, 0.717) is 17.4 Å². The molecule has 1 heterocycles. The van der Waals surface area contributed by atoms with Gasteiger partial charge < -0.3 is 20.7 Å². The van der Waals surface area contributed by atoms with Crippen molar-refractivity contribution >= 4 is 11.6 Å². The van der Waals surface area contributed by atoms with Crippen molar-refractivity contribution in [3.8, 4) is 0 Å². The Balaban J connectivity index is 1.64. The van der Waals surface area contributed by atoms with Crippen LogP contribution in [0.4, 0.5) is 5.69 Å². The molecule has 4 N–H and O–H groups in total. The lowest BCUT2D eigenvalue weighted by Crippen LogP contribution is -2.29. The predicted molar refractivity (Wildman–Crippen MR) is 80.9 cm³/mol. The topological polar surface area (TPSA) is 80.3 Å². The number of rotatable bonds is 5. The van der Waals surface area contributed by atoms with Crippen LogP contribution >= 0.6 is 0 Å². The van der Waals surface area contributed by atoms with E-state index >= 15 is 0 Å². The molecule has 1 fully saturated rings. The molecule has 5 heteroatoms. The molecule has 110 valence electrons. The largest absolute Gasteiger partial charge is 0.397 e. The van der Waals surface area contributed by atoms with Crippen LogP contribution in [0.25, 0.3) is 0 Å². The summed E-state index contributed by atoms with van der Waals surface area (Å²) in [6, 6.07) is 11.4. The second-order valence-electron chi connectivity index (χ2n) is 5.43. The Morgan fingerprint density at radius 3 is 2.76 bits per heavy atom. The molecule has 1 atom stereocenters. The minimum atomic E-state index is -0.711. The van der Waals surface area contributed by atoms with Crippen LogP contribution in [-0.4, -0.2) is 22.1 Å². The van der Waals surface area contributed by atoms with E-state index in [0.717, 1.165) is 18.4 Å². The number of hydrogen-bond donors (Lipinski definition) is 3. The summed E-state index contributed by atoms with van der Waals surface area (Å²) >= 11 is 0. The zero-order valence-corrected chi connectivity index (χ0v) is 11.7. The highest BCUT2D eigenvalue weighted by Gasteiger charge is 2.27. The first-order valence-corrected chi connectivity index (χ1v) is 7.13. The second kappa shape index (κ2) is 5.61. The first-order chi connectivity index (χ1) is 10.1. The fourth-order valence-electron chi connectivity index (χ4n) is 2.41. The number of benzene rings is 1. The number of aromatic nitrogens is 1. The third kappa shape index (κ3) is 3.08. The molecule has 1 saturated carbocycles. The van der Waals surface area contributed by atoms with Crippen molar-refractivity contribution < 1.29 is 9.90 Å². The number of nitrogens with one attached hydrogen (secondary N) is 1. The number of nitrogens with two attached hydrogens (primary N) is 1. The molecule has 0 spiro atoms. The summed E-state index contributed by atoms with van der Waals surface area (Å²) in [5.41, 5.74) is 7.72. The predicted octanol–water partition coefficient (Wildman–Crippen LogP) is 1.87. The summed E-state index contributed by atoms with van der Waals surface area (Å²) in [5, 5.41) is 12.8. The van der Waals surface area contributed by atoms with Gasteiger partial charge in [-0.3, -0.25) is 4.79 Å². The number of hydrogen-bond acceptors (Lipinski definition) is 3. The number of aliphatic hydroxyl groups excluding tert-OH is 1. The molecule has 5 nitrogen and oxygen atoms in total. The zero-order valence-electron chi connectivity index (χ0n) is 11.7. The molecule has 2 aromatic rings. The molecule has 1 aliphatic carbocycles. The molecule has 1 aromatic heterocycles. The van der Waals surface area contributed by atoms with Crippen molar-refractivity contribution in [2.24, 2.45) is 0 Å². The average molecular weight is 285 g/mol. The summed E-state index contributed by atoms with van der Waals surface area (Å²) in [6.07, 6.45) is 3.26. The van der Waals surface area contributed by atoms with Crippen LogP contribution in [0.5, 0.6) is 0 Å². The van der Waals surface area contributed by atoms with Crippen molar-refractivity contribution in [2.45, 2.75) is 25.0 Å². The van der Waals surface area contributed by atoms with Crippen molar-refractivity contribution in [3.63, 3.8) is 0 Å². The molecule has 0 bridgehead atoms. The third-order valence-electron chi connectivity index (χ3n) is 3.68. The van der Waals surface area contributed by atoms with Gasteiger partial charge in [0.1, 0.15) is 5.69 Å². The molecule has 3 rings (SSSR count). The number of nitrogen functional groups attached to an aromatic ring is 1. The van der Waals surface area contributed by atoms with Gasteiger partial charge in [0.2, 0.25) is 0 Å². The third-order valence-corrected chi connectivity index (χ3v) is 3.68. The SMILES string of the molecule is Nc1cc(C(=O)NCC(O)c2ccccc2)n(C2CC2)c1. The van der Waals surface area contributed by atoms with Gasteiger partial charge in [0.15, 0.2) is 0 Å². The van der Waals surface area contributed by atoms with E-state index in [-0.39, 0.29) is 12.5 Å². The normalized spacial score (nSPS) is 15.7. The molecule has 21 heavy (non-hydrogen) atoms. The van der Waals surface area contributed by atoms with E-state index in [4.69, 9.17) is 5.73 Å². The van der Waals surface area contributed by atoms with Gasteiger partial charge in [0, 0.05) is 18.8 Å². The van der Waals surface area contributed by atoms with Crippen LogP contribution in [0.2, 0.25) is 0 Å². The Morgan fingerprint density at radius 1 is 1.38 bits per heavy atom. The van der Waals surface area contributed by atoms with Crippen molar-refractivity contribution in [1.29, 1.82) is 0 Å². The van der Waals surface area contributed by atoms with Crippen LogP contribution in [0, 0.1) is 0 Å². The van der Waals surface area contributed by atoms with Gasteiger partial charge in [-0.15, -0.1) is 0 Å². The summed E-state index contributed by atoms with van der Waals surface area (Å²) in [6.45, 7) is 0.179. The highest BCUT2D eigenvalue weighted by molar-refractivity contribution is 5.93. The number of amides is 1. The lowest BCUT2D eigenvalue weighted by Gasteiger charge is -2.13. The average Bonchev–Trinajstić information content (AvgIpc) is 3.27. The van der Waals surface area contributed by atoms with Gasteiger partial charge in [-0.1, -0.05) is 30.3 Å². The molecule has 1 unspecified atom stereocenters. The molecule has 0 radical (unpaired) electrons. The number of nitrogens with zero attached hydrogens (tertiary/aromatic N) is 1. The molecular weight excluding hydrogens is 266 g/mol. The Labute approximate surface area is 123 Å². The van der Waals surface area contributed by atoms with Gasteiger partial charge in [0.25, 0.3) is 5.91 Å². The van der Waals surface area contributed by atoms with Crippen molar-refractivity contribution in [3.05, 3.63) is 53.9 Å². The monoisotopic (exact) mass is 285 g/mol. The summed E-state index contributed by atoms with van der Waals surface area (Å²) in [5.74, 6) is -0.200. The Morgan fingerprint density at radius 2 is 2.10 bits per heavy atom. The summed E-state index contributed by atoms with van der Waals surface area (Å²) in [7, 11) is 0. The van der Waals surface area contributed by atoms with Crippen molar-refractivity contribution in [1.82, 2.24) is 9.88 Å². The van der Waals surface area contributed by atoms with Crippen LogP contribution in [0.15, 0.2) is 42.6 Å². The molecule has 1 aromatic carbocycles. The number of carbonyl (C=O) groups excluding carboxylic acids is 1. The molecule has 0 saturated heterocycles. The fourth-order valence-corrected chi connectivity index (χ4v) is 2.41. The number of aliphatic hydroxyl groups is 1. The molecule has 0 aliphatic heterocycles. The van der Waals surface area contributed by atoms with E-state index in [1.165, 1.54) is 0 Å². The highest BCUT2D eigenvalue weighted by Crippen LogP contribution is 2.37. The number of anilines is 1. The Kier molecular flexibility index (Phi) is 3.66. The van der Waals surface area contributed by atoms with E-state index < -0.39 is 6.10 Å². The maximum Gasteiger partial charge on any atom is 0.268 e.